The molecule has 0 amide bonds. The molecule has 0 radical (unpaired) electrons. The Morgan fingerprint density at radius 2 is 0.914 bits per heavy atom. The molecule has 0 atom stereocenters. The van der Waals surface area contributed by atoms with Crippen molar-refractivity contribution in [1.29, 1.82) is 0 Å². The normalized spacial score (nSPS) is 11.9. The Bertz CT molecular complexity index is 1310. The molecule has 5 aromatic rings. The van der Waals surface area contributed by atoms with E-state index in [1.165, 1.54) is 130 Å². The van der Waals surface area contributed by atoms with Gasteiger partial charge in [0.25, 0.3) is 0 Å². The number of fused-ring (bicyclic) bond motifs is 5. The SMILES string of the molecule is CCCCCCCc1ccc2cc3sc4cc5ccc(CCCCCCC)cc5cc4c3cc2c1. The zero-order valence-electron chi connectivity index (χ0n) is 21.7. The van der Waals surface area contributed by atoms with Crippen LogP contribution in [0.25, 0.3) is 41.7 Å². The molecule has 182 valence electrons. The zero-order chi connectivity index (χ0) is 24.0. The van der Waals surface area contributed by atoms with Crippen LogP contribution in [0.5, 0.6) is 0 Å². The molecule has 5 rings (SSSR count). The van der Waals surface area contributed by atoms with Crippen LogP contribution in [-0.2, 0) is 12.8 Å². The fourth-order valence-corrected chi connectivity index (χ4v) is 6.70. The lowest BCUT2D eigenvalue weighted by atomic mass is 9.98. The second-order valence-corrected chi connectivity index (χ2v) is 11.6. The van der Waals surface area contributed by atoms with Gasteiger partial charge in [-0.05, 0) is 82.6 Å². The smallest absolute Gasteiger partial charge is 0.0361 e. The molecule has 0 aliphatic rings. The molecule has 0 spiro atoms. The summed E-state index contributed by atoms with van der Waals surface area (Å²) in [6.07, 6.45) is 15.9. The minimum Gasteiger partial charge on any atom is -0.135 e. The maximum atomic E-state index is 2.45. The quantitative estimate of drug-likeness (QED) is 0.156. The van der Waals surface area contributed by atoms with Crippen molar-refractivity contribution < 1.29 is 0 Å². The summed E-state index contributed by atoms with van der Waals surface area (Å²) < 4.78 is 2.82. The van der Waals surface area contributed by atoms with Crippen molar-refractivity contribution >= 4 is 53.1 Å². The Hall–Kier alpha value is -2.38. The first-order valence-electron chi connectivity index (χ1n) is 14.1. The summed E-state index contributed by atoms with van der Waals surface area (Å²) in [7, 11) is 0. The van der Waals surface area contributed by atoms with Gasteiger partial charge in [-0.1, -0.05) is 102 Å². The average Bonchev–Trinajstić information content (AvgIpc) is 3.21. The molecule has 1 heterocycles. The number of hydrogen-bond donors (Lipinski definition) is 0. The van der Waals surface area contributed by atoms with Gasteiger partial charge in [0.05, 0.1) is 0 Å². The second-order valence-electron chi connectivity index (χ2n) is 10.5. The van der Waals surface area contributed by atoms with Gasteiger partial charge in [0, 0.05) is 20.2 Å². The largest absolute Gasteiger partial charge is 0.135 e. The summed E-state index contributed by atoms with van der Waals surface area (Å²) >= 11 is 1.94. The predicted octanol–water partition coefficient (Wildman–Crippen LogP) is 11.4. The summed E-state index contributed by atoms with van der Waals surface area (Å²) in [5.74, 6) is 0. The average molecular weight is 481 g/mol. The van der Waals surface area contributed by atoms with Crippen LogP contribution >= 0.6 is 11.3 Å². The molecule has 35 heavy (non-hydrogen) atoms. The van der Waals surface area contributed by atoms with Crippen LogP contribution in [0.4, 0.5) is 0 Å². The zero-order valence-corrected chi connectivity index (χ0v) is 22.5. The second kappa shape index (κ2) is 11.6. The Morgan fingerprint density at radius 3 is 1.37 bits per heavy atom. The summed E-state index contributed by atoms with van der Waals surface area (Å²) in [5.41, 5.74) is 2.98. The number of hydrogen-bond acceptors (Lipinski definition) is 1. The van der Waals surface area contributed by atoms with E-state index in [4.69, 9.17) is 0 Å². The lowest BCUT2D eigenvalue weighted by Gasteiger charge is -2.06. The Morgan fingerprint density at radius 1 is 0.457 bits per heavy atom. The molecule has 1 aromatic heterocycles. The molecule has 0 aliphatic carbocycles. The van der Waals surface area contributed by atoms with Crippen LogP contribution in [0.1, 0.15) is 89.2 Å². The van der Waals surface area contributed by atoms with Gasteiger partial charge in [-0.3, -0.25) is 0 Å². The number of rotatable bonds is 12. The molecule has 0 saturated carbocycles. The highest BCUT2D eigenvalue weighted by atomic mass is 32.1. The predicted molar refractivity (Wildman–Crippen MR) is 159 cm³/mol. The number of benzene rings is 4. The molecule has 0 saturated heterocycles. The van der Waals surface area contributed by atoms with Crippen molar-refractivity contribution in [2.75, 3.05) is 0 Å². The molecule has 1 heteroatoms. The Labute approximate surface area is 215 Å². The van der Waals surface area contributed by atoms with E-state index in [1.54, 1.807) is 0 Å². The summed E-state index contributed by atoms with van der Waals surface area (Å²) in [6.45, 7) is 4.57. The first-order valence-corrected chi connectivity index (χ1v) is 14.9. The van der Waals surface area contributed by atoms with Gasteiger partial charge in [0.1, 0.15) is 0 Å². The highest BCUT2D eigenvalue weighted by Crippen LogP contribution is 2.39. The topological polar surface area (TPSA) is 0 Å². The van der Waals surface area contributed by atoms with E-state index < -0.39 is 0 Å². The lowest BCUT2D eigenvalue weighted by molar-refractivity contribution is 0.632. The summed E-state index contributed by atoms with van der Waals surface area (Å²) in [6, 6.07) is 24.0. The van der Waals surface area contributed by atoms with Crippen LogP contribution in [-0.4, -0.2) is 0 Å². The van der Waals surface area contributed by atoms with Crippen LogP contribution in [0.3, 0.4) is 0 Å². The van der Waals surface area contributed by atoms with Crippen molar-refractivity contribution in [1.82, 2.24) is 0 Å². The standard InChI is InChI=1S/C34H40S/c1-3-5-7-9-11-13-25-15-17-27-23-33-31(21-29(27)19-25)32-22-30-20-26(14-12-10-8-6-4-2)16-18-28(30)24-34(32)35-33/h15-24H,3-14H2,1-2H3. The van der Waals surface area contributed by atoms with Gasteiger partial charge in [-0.2, -0.15) is 0 Å². The van der Waals surface area contributed by atoms with Gasteiger partial charge in [0.15, 0.2) is 0 Å². The molecule has 0 aliphatic heterocycles. The van der Waals surface area contributed by atoms with Gasteiger partial charge in [0.2, 0.25) is 0 Å². The van der Waals surface area contributed by atoms with Crippen LogP contribution < -0.4 is 0 Å². The maximum Gasteiger partial charge on any atom is 0.0361 e. The van der Waals surface area contributed by atoms with E-state index in [0.717, 1.165) is 0 Å². The molecular weight excluding hydrogens is 440 g/mol. The minimum absolute atomic E-state index is 1.20. The molecular formula is C34H40S. The monoisotopic (exact) mass is 480 g/mol. The van der Waals surface area contributed by atoms with E-state index in [1.807, 2.05) is 11.3 Å². The van der Waals surface area contributed by atoms with Gasteiger partial charge < -0.3 is 0 Å². The van der Waals surface area contributed by atoms with E-state index in [9.17, 15) is 0 Å². The summed E-state index contributed by atoms with van der Waals surface area (Å²) in [5, 5.41) is 8.37. The highest BCUT2D eigenvalue weighted by Gasteiger charge is 2.09. The van der Waals surface area contributed by atoms with E-state index in [2.05, 4.69) is 74.5 Å². The van der Waals surface area contributed by atoms with Crippen LogP contribution in [0.15, 0.2) is 60.7 Å². The fourth-order valence-electron chi connectivity index (χ4n) is 5.54. The van der Waals surface area contributed by atoms with Crippen molar-refractivity contribution in [2.24, 2.45) is 0 Å². The molecule has 0 nitrogen and oxygen atoms in total. The number of aryl methyl sites for hydroxylation is 2. The van der Waals surface area contributed by atoms with E-state index >= 15 is 0 Å². The van der Waals surface area contributed by atoms with Gasteiger partial charge in [-0.25, -0.2) is 0 Å². The first kappa shape index (κ1) is 24.3. The lowest BCUT2D eigenvalue weighted by Crippen LogP contribution is -1.87. The van der Waals surface area contributed by atoms with Crippen molar-refractivity contribution in [3.63, 3.8) is 0 Å². The van der Waals surface area contributed by atoms with Crippen LogP contribution in [0, 0.1) is 0 Å². The fraction of sp³-hybridized carbons (Fsp3) is 0.412. The van der Waals surface area contributed by atoms with Crippen molar-refractivity contribution in [3.05, 3.63) is 71.8 Å². The highest BCUT2D eigenvalue weighted by molar-refractivity contribution is 7.26. The molecule has 0 bridgehead atoms. The summed E-state index contributed by atoms with van der Waals surface area (Å²) in [4.78, 5) is 0. The third-order valence-electron chi connectivity index (χ3n) is 7.65. The molecule has 0 unspecified atom stereocenters. The molecule has 0 N–H and O–H groups in total. The minimum atomic E-state index is 1.20. The van der Waals surface area contributed by atoms with Crippen molar-refractivity contribution in [3.8, 4) is 0 Å². The molecule has 4 aromatic carbocycles. The van der Waals surface area contributed by atoms with Crippen LogP contribution in [0.2, 0.25) is 0 Å². The van der Waals surface area contributed by atoms with Gasteiger partial charge in [-0.15, -0.1) is 11.3 Å². The third kappa shape index (κ3) is 5.72. The van der Waals surface area contributed by atoms with Crippen molar-refractivity contribution in [2.45, 2.75) is 90.9 Å². The third-order valence-corrected chi connectivity index (χ3v) is 8.77. The first-order chi connectivity index (χ1) is 17.2. The van der Waals surface area contributed by atoms with Gasteiger partial charge >= 0.3 is 0 Å². The number of unbranched alkanes of at least 4 members (excludes halogenated alkanes) is 8. The Balaban J connectivity index is 1.42. The molecule has 0 fully saturated rings. The van der Waals surface area contributed by atoms with E-state index in [0.29, 0.717) is 0 Å². The number of thiophene rings is 1. The maximum absolute atomic E-state index is 2.45. The Kier molecular flexibility index (Phi) is 8.04. The van der Waals surface area contributed by atoms with E-state index in [-0.39, 0.29) is 0 Å².